The number of amides is 1. The van der Waals surface area contributed by atoms with Crippen molar-refractivity contribution in [3.05, 3.63) is 47.7 Å². The lowest BCUT2D eigenvalue weighted by Crippen LogP contribution is -2.22. The van der Waals surface area contributed by atoms with Crippen LogP contribution < -0.4 is 10.6 Å². The highest BCUT2D eigenvalue weighted by Gasteiger charge is 2.00. The lowest BCUT2D eigenvalue weighted by molar-refractivity contribution is -0.121. The van der Waals surface area contributed by atoms with Gasteiger partial charge in [-0.25, -0.2) is 0 Å². The van der Waals surface area contributed by atoms with Crippen LogP contribution in [0.25, 0.3) is 0 Å². The molecule has 0 aliphatic heterocycles. The summed E-state index contributed by atoms with van der Waals surface area (Å²) in [6.45, 7) is 9.55. The summed E-state index contributed by atoms with van der Waals surface area (Å²) in [7, 11) is 0. The second kappa shape index (κ2) is 9.18. The van der Waals surface area contributed by atoms with E-state index in [1.54, 1.807) is 0 Å². The topological polar surface area (TPSA) is 41.1 Å². The van der Waals surface area contributed by atoms with Crippen LogP contribution in [0.4, 0.5) is 0 Å². The fraction of sp³-hybridized carbons (Fsp3) is 0.471. The first-order valence-corrected chi connectivity index (χ1v) is 7.41. The van der Waals surface area contributed by atoms with Gasteiger partial charge in [0.15, 0.2) is 0 Å². The van der Waals surface area contributed by atoms with Crippen LogP contribution in [0.5, 0.6) is 0 Å². The average Bonchev–Trinajstić information content (AvgIpc) is 2.45. The van der Waals surface area contributed by atoms with E-state index in [1.807, 2.05) is 6.92 Å². The number of allylic oxidation sites excluding steroid dienone is 1. The molecule has 1 aromatic rings. The SMILES string of the molecule is C=C(CCC)NCc1ccc(CNC(=O)CCC)cc1. The Bertz CT molecular complexity index is 382. The minimum Gasteiger partial charge on any atom is -0.385 e. The molecule has 2 N–H and O–H groups in total. The van der Waals surface area contributed by atoms with E-state index >= 15 is 0 Å². The second-order valence-corrected chi connectivity index (χ2v) is 5.05. The van der Waals surface area contributed by atoms with E-state index in [2.05, 4.69) is 48.4 Å². The number of nitrogens with one attached hydrogen (secondary N) is 2. The molecule has 0 unspecified atom stereocenters. The molecular weight excluding hydrogens is 248 g/mol. The van der Waals surface area contributed by atoms with E-state index in [-0.39, 0.29) is 5.91 Å². The molecule has 0 aliphatic rings. The number of hydrogen-bond donors (Lipinski definition) is 2. The molecule has 0 aliphatic carbocycles. The maximum atomic E-state index is 11.4. The van der Waals surface area contributed by atoms with Crippen LogP contribution >= 0.6 is 0 Å². The van der Waals surface area contributed by atoms with Gasteiger partial charge in [-0.05, 0) is 24.0 Å². The van der Waals surface area contributed by atoms with E-state index in [9.17, 15) is 4.79 Å². The van der Waals surface area contributed by atoms with Gasteiger partial charge >= 0.3 is 0 Å². The van der Waals surface area contributed by atoms with E-state index < -0.39 is 0 Å². The van der Waals surface area contributed by atoms with Gasteiger partial charge in [-0.3, -0.25) is 4.79 Å². The van der Waals surface area contributed by atoms with E-state index in [0.29, 0.717) is 13.0 Å². The van der Waals surface area contributed by atoms with Gasteiger partial charge in [0.2, 0.25) is 5.91 Å². The van der Waals surface area contributed by atoms with Gasteiger partial charge in [0.1, 0.15) is 0 Å². The Morgan fingerprint density at radius 3 is 1.95 bits per heavy atom. The van der Waals surface area contributed by atoms with Crippen molar-refractivity contribution in [2.45, 2.75) is 52.6 Å². The second-order valence-electron chi connectivity index (χ2n) is 5.05. The van der Waals surface area contributed by atoms with Gasteiger partial charge < -0.3 is 10.6 Å². The van der Waals surface area contributed by atoms with Crippen LogP contribution in [0.15, 0.2) is 36.5 Å². The quantitative estimate of drug-likeness (QED) is 0.723. The molecule has 0 saturated carbocycles. The maximum Gasteiger partial charge on any atom is 0.220 e. The Kier molecular flexibility index (Phi) is 7.48. The van der Waals surface area contributed by atoms with Crippen molar-refractivity contribution in [3.8, 4) is 0 Å². The molecule has 0 atom stereocenters. The van der Waals surface area contributed by atoms with Gasteiger partial charge in [-0.15, -0.1) is 0 Å². The van der Waals surface area contributed by atoms with Crippen molar-refractivity contribution in [2.24, 2.45) is 0 Å². The molecule has 0 fully saturated rings. The average molecular weight is 274 g/mol. The Morgan fingerprint density at radius 1 is 0.950 bits per heavy atom. The van der Waals surface area contributed by atoms with Crippen LogP contribution in [0.3, 0.4) is 0 Å². The third-order valence-corrected chi connectivity index (χ3v) is 3.08. The van der Waals surface area contributed by atoms with Crippen LogP contribution in [-0.2, 0) is 17.9 Å². The largest absolute Gasteiger partial charge is 0.385 e. The fourth-order valence-corrected chi connectivity index (χ4v) is 1.91. The summed E-state index contributed by atoms with van der Waals surface area (Å²) in [6, 6.07) is 8.30. The smallest absolute Gasteiger partial charge is 0.220 e. The zero-order chi connectivity index (χ0) is 14.8. The first-order valence-electron chi connectivity index (χ1n) is 7.41. The molecule has 0 radical (unpaired) electrons. The molecule has 3 heteroatoms. The summed E-state index contributed by atoms with van der Waals surface area (Å²) < 4.78 is 0. The van der Waals surface area contributed by atoms with Gasteiger partial charge in [0.25, 0.3) is 0 Å². The Hall–Kier alpha value is -1.77. The Labute approximate surface area is 122 Å². The van der Waals surface area contributed by atoms with Crippen LogP contribution in [-0.4, -0.2) is 5.91 Å². The summed E-state index contributed by atoms with van der Waals surface area (Å²) in [5.41, 5.74) is 3.44. The summed E-state index contributed by atoms with van der Waals surface area (Å²) in [5, 5.41) is 6.24. The van der Waals surface area contributed by atoms with Crippen molar-refractivity contribution in [2.75, 3.05) is 0 Å². The van der Waals surface area contributed by atoms with E-state index in [4.69, 9.17) is 0 Å². The third-order valence-electron chi connectivity index (χ3n) is 3.08. The van der Waals surface area contributed by atoms with Crippen molar-refractivity contribution in [3.63, 3.8) is 0 Å². The minimum absolute atomic E-state index is 0.120. The van der Waals surface area contributed by atoms with Crippen LogP contribution in [0.1, 0.15) is 50.7 Å². The van der Waals surface area contributed by atoms with Crippen LogP contribution in [0, 0.1) is 0 Å². The molecule has 0 spiro atoms. The lowest BCUT2D eigenvalue weighted by Gasteiger charge is -2.09. The van der Waals surface area contributed by atoms with E-state index in [0.717, 1.165) is 37.1 Å². The third kappa shape index (κ3) is 6.41. The zero-order valence-corrected chi connectivity index (χ0v) is 12.7. The molecular formula is C17H26N2O. The molecule has 1 amide bonds. The van der Waals surface area contributed by atoms with Gasteiger partial charge in [0.05, 0.1) is 0 Å². The predicted octanol–water partition coefficient (Wildman–Crippen LogP) is 3.51. The summed E-state index contributed by atoms with van der Waals surface area (Å²) in [5.74, 6) is 0.120. The molecule has 0 saturated heterocycles. The number of carbonyl (C=O) groups excluding carboxylic acids is 1. The number of hydrogen-bond acceptors (Lipinski definition) is 2. The lowest BCUT2D eigenvalue weighted by atomic mass is 10.1. The number of benzene rings is 1. The first kappa shape index (κ1) is 16.3. The number of rotatable bonds is 9. The molecule has 0 heterocycles. The zero-order valence-electron chi connectivity index (χ0n) is 12.7. The highest BCUT2D eigenvalue weighted by atomic mass is 16.1. The minimum atomic E-state index is 0.120. The standard InChI is InChI=1S/C17H26N2O/c1-4-6-14(3)18-12-15-8-10-16(11-9-15)13-19-17(20)7-5-2/h8-11,18H,3-7,12-13H2,1-2H3,(H,19,20). The highest BCUT2D eigenvalue weighted by Crippen LogP contribution is 2.06. The molecule has 110 valence electrons. The monoisotopic (exact) mass is 274 g/mol. The molecule has 3 nitrogen and oxygen atoms in total. The summed E-state index contributed by atoms with van der Waals surface area (Å²) in [4.78, 5) is 11.4. The van der Waals surface area contributed by atoms with Gasteiger partial charge in [0, 0.05) is 25.2 Å². The Balaban J connectivity index is 2.36. The van der Waals surface area contributed by atoms with Crippen molar-refractivity contribution in [1.82, 2.24) is 10.6 Å². The fourth-order valence-electron chi connectivity index (χ4n) is 1.91. The van der Waals surface area contributed by atoms with Crippen molar-refractivity contribution >= 4 is 5.91 Å². The van der Waals surface area contributed by atoms with Crippen molar-refractivity contribution in [1.29, 1.82) is 0 Å². The first-order chi connectivity index (χ1) is 9.65. The molecule has 0 aromatic heterocycles. The van der Waals surface area contributed by atoms with Crippen LogP contribution in [0.2, 0.25) is 0 Å². The summed E-state index contributed by atoms with van der Waals surface area (Å²) in [6.07, 6.45) is 3.61. The molecule has 1 aromatic carbocycles. The van der Waals surface area contributed by atoms with Crippen molar-refractivity contribution < 1.29 is 4.79 Å². The molecule has 20 heavy (non-hydrogen) atoms. The predicted molar refractivity (Wildman–Crippen MR) is 84.1 cm³/mol. The van der Waals surface area contributed by atoms with E-state index in [1.165, 1.54) is 5.56 Å². The molecule has 1 rings (SSSR count). The normalized spacial score (nSPS) is 10.1. The highest BCUT2D eigenvalue weighted by molar-refractivity contribution is 5.75. The maximum absolute atomic E-state index is 11.4. The van der Waals surface area contributed by atoms with Gasteiger partial charge in [-0.2, -0.15) is 0 Å². The molecule has 0 bridgehead atoms. The Morgan fingerprint density at radius 2 is 1.45 bits per heavy atom. The number of carbonyl (C=O) groups is 1. The summed E-state index contributed by atoms with van der Waals surface area (Å²) >= 11 is 0. The van der Waals surface area contributed by atoms with Gasteiger partial charge in [-0.1, -0.05) is 51.1 Å².